The first-order valence-corrected chi connectivity index (χ1v) is 10.5. The fourth-order valence-electron chi connectivity index (χ4n) is 3.86. The lowest BCUT2D eigenvalue weighted by Crippen LogP contribution is -2.60. The molecule has 2 amide bonds. The predicted molar refractivity (Wildman–Crippen MR) is 124 cm³/mol. The molecule has 0 aromatic heterocycles. The van der Waals surface area contributed by atoms with E-state index in [0.29, 0.717) is 28.4 Å². The second kappa shape index (κ2) is 9.60. The zero-order chi connectivity index (χ0) is 23.4. The van der Waals surface area contributed by atoms with Gasteiger partial charge in [0.15, 0.2) is 0 Å². The van der Waals surface area contributed by atoms with Gasteiger partial charge in [-0.15, -0.1) is 0 Å². The fraction of sp³-hybridized carbons (Fsp3) is 0.280. The van der Waals surface area contributed by atoms with E-state index in [4.69, 9.17) is 5.73 Å². The largest absolute Gasteiger partial charge is 0.402 e. The number of benzene rings is 2. The zero-order valence-corrected chi connectivity index (χ0v) is 18.8. The lowest BCUT2D eigenvalue weighted by Gasteiger charge is -2.39. The number of amides is 2. The van der Waals surface area contributed by atoms with Crippen LogP contribution < -0.4 is 11.1 Å². The Morgan fingerprint density at radius 3 is 2.38 bits per heavy atom. The number of amidine groups is 1. The number of hydrogen-bond donors (Lipinski definition) is 2. The second-order valence-electron chi connectivity index (χ2n) is 8.10. The van der Waals surface area contributed by atoms with Crippen molar-refractivity contribution >= 4 is 29.1 Å². The number of carbonyl (C=O) groups is 3. The minimum absolute atomic E-state index is 0.162. The van der Waals surface area contributed by atoms with Crippen LogP contribution in [0.15, 0.2) is 70.9 Å². The third-order valence-electron chi connectivity index (χ3n) is 5.35. The molecule has 2 unspecified atom stereocenters. The van der Waals surface area contributed by atoms with E-state index in [1.165, 1.54) is 11.8 Å². The molecule has 1 fully saturated rings. The average molecular weight is 433 g/mol. The molecular weight excluding hydrogens is 404 g/mol. The standard InChI is InChI=1S/C25H28N4O3/c1-15-9-8-10-19(13-15)24(31)28-22-17(3)21(18(4)26)23(27-20-11-6-5-7-12-20)29(25(22)32)14-16(2)30/h5-13,17,22H,14,26H2,1-4H3,(H,28,31). The first kappa shape index (κ1) is 22.9. The molecule has 166 valence electrons. The van der Waals surface area contributed by atoms with Crippen molar-refractivity contribution in [2.24, 2.45) is 16.6 Å². The number of Topliss-reactive ketones (excluding diaryl/α,β-unsaturated/α-hetero) is 1. The fourth-order valence-corrected chi connectivity index (χ4v) is 3.86. The van der Waals surface area contributed by atoms with Crippen molar-refractivity contribution in [2.75, 3.05) is 6.54 Å². The number of nitrogens with zero attached hydrogens (tertiary/aromatic N) is 2. The number of hydrogen-bond acceptors (Lipinski definition) is 5. The van der Waals surface area contributed by atoms with E-state index in [0.717, 1.165) is 5.56 Å². The van der Waals surface area contributed by atoms with Crippen molar-refractivity contribution < 1.29 is 14.4 Å². The number of allylic oxidation sites excluding steroid dienone is 1. The third-order valence-corrected chi connectivity index (χ3v) is 5.35. The summed E-state index contributed by atoms with van der Waals surface area (Å²) in [4.78, 5) is 44.4. The van der Waals surface area contributed by atoms with Crippen LogP contribution in [0.4, 0.5) is 5.69 Å². The van der Waals surface area contributed by atoms with Gasteiger partial charge in [-0.25, -0.2) is 4.99 Å². The number of para-hydroxylation sites is 1. The third kappa shape index (κ3) is 4.94. The molecule has 1 aliphatic rings. The number of aliphatic imine (C=N–C) groups is 1. The van der Waals surface area contributed by atoms with Crippen LogP contribution in [0, 0.1) is 12.8 Å². The number of likely N-dealkylation sites (tertiary alicyclic amines) is 1. The SMILES string of the molecule is CC(=O)CN1C(=O)C(NC(=O)c2cccc(C)c2)C(C)C(=C(C)N)C1=Nc1ccccc1. The summed E-state index contributed by atoms with van der Waals surface area (Å²) in [6.07, 6.45) is 0. The summed E-state index contributed by atoms with van der Waals surface area (Å²) in [6, 6.07) is 15.4. The van der Waals surface area contributed by atoms with Crippen molar-refractivity contribution in [3.8, 4) is 0 Å². The molecule has 2 aromatic rings. The molecule has 0 radical (unpaired) electrons. The molecule has 2 aromatic carbocycles. The molecule has 7 nitrogen and oxygen atoms in total. The van der Waals surface area contributed by atoms with Crippen LogP contribution in [-0.2, 0) is 9.59 Å². The van der Waals surface area contributed by atoms with E-state index in [9.17, 15) is 14.4 Å². The van der Waals surface area contributed by atoms with Crippen LogP contribution in [0.1, 0.15) is 36.7 Å². The van der Waals surface area contributed by atoms with Crippen LogP contribution in [0.5, 0.6) is 0 Å². The predicted octanol–water partition coefficient (Wildman–Crippen LogP) is 3.12. The van der Waals surface area contributed by atoms with E-state index in [1.807, 2.05) is 50.2 Å². The topological polar surface area (TPSA) is 105 Å². The van der Waals surface area contributed by atoms with Crippen LogP contribution in [-0.4, -0.2) is 40.9 Å². The maximum atomic E-state index is 13.5. The minimum atomic E-state index is -0.884. The van der Waals surface area contributed by atoms with Crippen LogP contribution >= 0.6 is 0 Å². The number of carbonyl (C=O) groups excluding carboxylic acids is 3. The molecule has 1 aliphatic heterocycles. The quantitative estimate of drug-likeness (QED) is 0.757. The molecule has 3 rings (SSSR count). The Balaban J connectivity index is 2.04. The van der Waals surface area contributed by atoms with Gasteiger partial charge in [0.05, 0.1) is 12.2 Å². The van der Waals surface area contributed by atoms with E-state index >= 15 is 0 Å². The van der Waals surface area contributed by atoms with Crippen LogP contribution in [0.25, 0.3) is 0 Å². The van der Waals surface area contributed by atoms with Gasteiger partial charge in [0.2, 0.25) is 0 Å². The molecule has 7 heteroatoms. The lowest BCUT2D eigenvalue weighted by molar-refractivity contribution is -0.134. The van der Waals surface area contributed by atoms with Crippen molar-refractivity contribution in [1.82, 2.24) is 10.2 Å². The number of aryl methyl sites for hydroxylation is 1. The number of nitrogens with two attached hydrogens (primary N) is 1. The van der Waals surface area contributed by atoms with Gasteiger partial charge in [0.25, 0.3) is 11.8 Å². The second-order valence-corrected chi connectivity index (χ2v) is 8.10. The van der Waals surface area contributed by atoms with E-state index in [2.05, 4.69) is 10.3 Å². The lowest BCUT2D eigenvalue weighted by atomic mass is 9.85. The molecule has 2 atom stereocenters. The Morgan fingerprint density at radius 2 is 1.78 bits per heavy atom. The van der Waals surface area contributed by atoms with Crippen molar-refractivity contribution in [3.05, 3.63) is 77.0 Å². The highest BCUT2D eigenvalue weighted by atomic mass is 16.2. The smallest absolute Gasteiger partial charge is 0.251 e. The van der Waals surface area contributed by atoms with Crippen LogP contribution in [0.3, 0.4) is 0 Å². The van der Waals surface area contributed by atoms with Gasteiger partial charge in [-0.1, -0.05) is 42.8 Å². The minimum Gasteiger partial charge on any atom is -0.402 e. The number of ketones is 1. The Kier molecular flexibility index (Phi) is 6.88. The highest BCUT2D eigenvalue weighted by Crippen LogP contribution is 2.30. The molecule has 0 spiro atoms. The summed E-state index contributed by atoms with van der Waals surface area (Å²) in [5.41, 5.74) is 9.37. The molecule has 0 aliphatic carbocycles. The normalized spacial score (nSPS) is 21.4. The Labute approximate surface area is 188 Å². The van der Waals surface area contributed by atoms with Crippen molar-refractivity contribution in [1.29, 1.82) is 0 Å². The highest BCUT2D eigenvalue weighted by molar-refractivity contribution is 6.16. The summed E-state index contributed by atoms with van der Waals surface area (Å²) in [5, 5.41) is 2.85. The van der Waals surface area contributed by atoms with Crippen LogP contribution in [0.2, 0.25) is 0 Å². The van der Waals surface area contributed by atoms with Gasteiger partial charge in [-0.05, 0) is 45.0 Å². The van der Waals surface area contributed by atoms with E-state index in [1.54, 1.807) is 25.1 Å². The zero-order valence-electron chi connectivity index (χ0n) is 18.8. The summed E-state index contributed by atoms with van der Waals surface area (Å²) < 4.78 is 0. The molecule has 1 heterocycles. The summed E-state index contributed by atoms with van der Waals surface area (Å²) in [7, 11) is 0. The monoisotopic (exact) mass is 432 g/mol. The Bertz CT molecular complexity index is 1100. The molecular formula is C25H28N4O3. The van der Waals surface area contributed by atoms with Gasteiger partial charge >= 0.3 is 0 Å². The summed E-state index contributed by atoms with van der Waals surface area (Å²) in [6.45, 7) is 6.70. The van der Waals surface area contributed by atoms with Gasteiger partial charge in [-0.2, -0.15) is 0 Å². The molecule has 3 N–H and O–H groups in total. The Hall–Kier alpha value is -3.74. The van der Waals surface area contributed by atoms with E-state index in [-0.39, 0.29) is 18.2 Å². The van der Waals surface area contributed by atoms with E-state index < -0.39 is 17.9 Å². The molecule has 1 saturated heterocycles. The highest BCUT2D eigenvalue weighted by Gasteiger charge is 2.43. The summed E-state index contributed by atoms with van der Waals surface area (Å²) in [5.74, 6) is -1.06. The van der Waals surface area contributed by atoms with Gasteiger partial charge in [-0.3, -0.25) is 19.3 Å². The summed E-state index contributed by atoms with van der Waals surface area (Å²) >= 11 is 0. The number of piperidine rings is 1. The molecule has 0 saturated carbocycles. The van der Waals surface area contributed by atoms with Crippen molar-refractivity contribution in [2.45, 2.75) is 33.7 Å². The average Bonchev–Trinajstić information content (AvgIpc) is 2.74. The number of nitrogens with one attached hydrogen (secondary N) is 1. The van der Waals surface area contributed by atoms with Crippen molar-refractivity contribution in [3.63, 3.8) is 0 Å². The van der Waals surface area contributed by atoms with Gasteiger partial charge in [0.1, 0.15) is 17.7 Å². The maximum absolute atomic E-state index is 13.5. The van der Waals surface area contributed by atoms with Gasteiger partial charge in [0, 0.05) is 22.8 Å². The Morgan fingerprint density at radius 1 is 1.09 bits per heavy atom. The number of rotatable bonds is 5. The first-order chi connectivity index (χ1) is 15.2. The molecule has 32 heavy (non-hydrogen) atoms. The van der Waals surface area contributed by atoms with Gasteiger partial charge < -0.3 is 11.1 Å². The molecule has 0 bridgehead atoms. The first-order valence-electron chi connectivity index (χ1n) is 10.5. The maximum Gasteiger partial charge on any atom is 0.251 e.